The molecule has 2 atom stereocenters. The monoisotopic (exact) mass is 484 g/mol. The van der Waals surface area contributed by atoms with Gasteiger partial charge in [0.2, 0.25) is 0 Å². The largest absolute Gasteiger partial charge is 0.394 e. The summed E-state index contributed by atoms with van der Waals surface area (Å²) in [5, 5.41) is 32.9. The fourth-order valence-corrected chi connectivity index (χ4v) is 3.59. The van der Waals surface area contributed by atoms with Crippen molar-refractivity contribution in [3.63, 3.8) is 0 Å². The maximum absolute atomic E-state index is 12.3. The van der Waals surface area contributed by atoms with Gasteiger partial charge < -0.3 is 30.7 Å². The zero-order chi connectivity index (χ0) is 24.8. The molecule has 180 valence electrons. The van der Waals surface area contributed by atoms with E-state index in [1.165, 1.54) is 6.92 Å². The van der Waals surface area contributed by atoms with Crippen molar-refractivity contribution in [2.75, 3.05) is 33.0 Å². The first kappa shape index (κ1) is 27.2. The molecule has 0 aliphatic heterocycles. The Morgan fingerprint density at radius 2 is 1.79 bits per heavy atom. The topological polar surface area (TPSA) is 128 Å². The van der Waals surface area contributed by atoms with Crippen LogP contribution < -0.4 is 10.6 Å². The number of ketones is 1. The molecule has 8 nitrogen and oxygen atoms in total. The molecule has 1 aromatic heterocycles. The number of Topliss-reactive ketones (excluding diaryl/α,β-unsaturated/α-hetero) is 1. The van der Waals surface area contributed by atoms with Gasteiger partial charge in [0.1, 0.15) is 12.6 Å². The second-order valence-corrected chi connectivity index (χ2v) is 8.34. The van der Waals surface area contributed by atoms with Crippen LogP contribution in [0.15, 0.2) is 36.4 Å². The number of aliphatic hydroxyl groups is 3. The number of thiophene rings is 1. The zero-order valence-corrected chi connectivity index (χ0v) is 19.7. The Hall–Kier alpha value is -3.02. The van der Waals surface area contributed by atoms with E-state index in [9.17, 15) is 14.7 Å². The summed E-state index contributed by atoms with van der Waals surface area (Å²) in [4.78, 5) is 26.0. The van der Waals surface area contributed by atoms with Crippen molar-refractivity contribution in [2.45, 2.75) is 25.6 Å². The lowest BCUT2D eigenvalue weighted by atomic mass is 10.1. The molecule has 2 rings (SSSR count). The zero-order valence-electron chi connectivity index (χ0n) is 18.8. The molecule has 0 aliphatic rings. The minimum absolute atomic E-state index is 0.0266. The van der Waals surface area contributed by atoms with Crippen molar-refractivity contribution in [1.29, 1.82) is 0 Å². The fraction of sp³-hybridized carbons (Fsp3) is 0.360. The third-order valence-electron chi connectivity index (χ3n) is 4.49. The lowest BCUT2D eigenvalue weighted by molar-refractivity contribution is -0.125. The molecule has 0 aliphatic carbocycles. The molecule has 0 saturated carbocycles. The lowest BCUT2D eigenvalue weighted by Crippen LogP contribution is -2.48. The van der Waals surface area contributed by atoms with Crippen molar-refractivity contribution in [3.8, 4) is 23.7 Å². The van der Waals surface area contributed by atoms with Crippen LogP contribution in [0, 0.1) is 23.7 Å². The molecule has 0 fully saturated rings. The summed E-state index contributed by atoms with van der Waals surface area (Å²) in [7, 11) is 0. The minimum atomic E-state index is -1.17. The van der Waals surface area contributed by atoms with Crippen molar-refractivity contribution < 1.29 is 29.6 Å². The lowest BCUT2D eigenvalue weighted by Gasteiger charge is -2.19. The van der Waals surface area contributed by atoms with Crippen LogP contribution in [0.5, 0.6) is 0 Å². The number of benzene rings is 1. The molecular weight excluding hydrogens is 456 g/mol. The Balaban J connectivity index is 1.86. The van der Waals surface area contributed by atoms with Gasteiger partial charge in [-0.1, -0.05) is 5.92 Å². The van der Waals surface area contributed by atoms with Gasteiger partial charge in [-0.15, -0.1) is 11.3 Å². The summed E-state index contributed by atoms with van der Waals surface area (Å²) in [6, 6.07) is 9.21. The second kappa shape index (κ2) is 15.0. The highest BCUT2D eigenvalue weighted by atomic mass is 32.1. The summed E-state index contributed by atoms with van der Waals surface area (Å²) in [6.45, 7) is 2.93. The molecule has 0 radical (unpaired) electrons. The number of aliphatic hydroxyl groups excluding tert-OH is 3. The van der Waals surface area contributed by atoms with E-state index in [-0.39, 0.29) is 6.61 Å². The van der Waals surface area contributed by atoms with Crippen molar-refractivity contribution >= 4 is 23.0 Å². The number of hydrogen-bond acceptors (Lipinski definition) is 8. The molecule has 34 heavy (non-hydrogen) atoms. The first-order chi connectivity index (χ1) is 16.4. The van der Waals surface area contributed by atoms with Gasteiger partial charge in [0.15, 0.2) is 5.78 Å². The van der Waals surface area contributed by atoms with Crippen LogP contribution in [0.1, 0.15) is 32.6 Å². The maximum Gasteiger partial charge on any atom is 0.251 e. The van der Waals surface area contributed by atoms with E-state index in [0.29, 0.717) is 37.4 Å². The quantitative estimate of drug-likeness (QED) is 0.216. The molecular formula is C25H28N2O6S. The third kappa shape index (κ3) is 9.46. The van der Waals surface area contributed by atoms with Gasteiger partial charge in [-0.05, 0) is 61.1 Å². The molecule has 0 saturated heterocycles. The predicted octanol–water partition coefficient (Wildman–Crippen LogP) is 0.290. The summed E-state index contributed by atoms with van der Waals surface area (Å²) in [5.41, 5.74) is 0.969. The minimum Gasteiger partial charge on any atom is -0.394 e. The van der Waals surface area contributed by atoms with Crippen LogP contribution in [0.3, 0.4) is 0 Å². The van der Waals surface area contributed by atoms with E-state index in [1.807, 2.05) is 12.1 Å². The van der Waals surface area contributed by atoms with E-state index in [4.69, 9.17) is 14.9 Å². The Kier molecular flexibility index (Phi) is 12.0. The van der Waals surface area contributed by atoms with Crippen LogP contribution in [-0.4, -0.2) is 72.1 Å². The molecule has 5 N–H and O–H groups in total. The second-order valence-electron chi connectivity index (χ2n) is 7.17. The molecule has 0 spiro atoms. The van der Waals surface area contributed by atoms with Crippen LogP contribution in [0.25, 0.3) is 0 Å². The van der Waals surface area contributed by atoms with Gasteiger partial charge in [-0.2, -0.15) is 0 Å². The Morgan fingerprint density at radius 3 is 2.47 bits per heavy atom. The van der Waals surface area contributed by atoms with E-state index in [0.717, 1.165) is 9.75 Å². The fourth-order valence-electron chi connectivity index (χ4n) is 2.76. The van der Waals surface area contributed by atoms with Gasteiger partial charge in [0.05, 0.1) is 30.8 Å². The van der Waals surface area contributed by atoms with E-state index in [2.05, 4.69) is 34.3 Å². The highest BCUT2D eigenvalue weighted by molar-refractivity contribution is 7.12. The number of hydrogen-bond donors (Lipinski definition) is 5. The summed E-state index contributed by atoms with van der Waals surface area (Å²) >= 11 is 1.58. The van der Waals surface area contributed by atoms with Crippen LogP contribution in [-0.2, 0) is 16.1 Å². The number of nitrogens with one attached hydrogen (secondary N) is 2. The average Bonchev–Trinajstić information content (AvgIpc) is 3.29. The Morgan fingerprint density at radius 1 is 1.06 bits per heavy atom. The predicted molar refractivity (Wildman–Crippen MR) is 129 cm³/mol. The van der Waals surface area contributed by atoms with Crippen molar-refractivity contribution in [2.24, 2.45) is 0 Å². The number of carbonyl (C=O) groups excluding carboxylic acids is 2. The summed E-state index contributed by atoms with van der Waals surface area (Å²) < 4.78 is 5.19. The third-order valence-corrected chi connectivity index (χ3v) is 5.49. The van der Waals surface area contributed by atoms with E-state index in [1.54, 1.807) is 35.6 Å². The summed E-state index contributed by atoms with van der Waals surface area (Å²) in [5.74, 6) is 10.3. The van der Waals surface area contributed by atoms with E-state index < -0.39 is 30.4 Å². The molecule has 1 amide bonds. The van der Waals surface area contributed by atoms with Gasteiger partial charge in [-0.25, -0.2) is 0 Å². The molecule has 9 heteroatoms. The van der Waals surface area contributed by atoms with Gasteiger partial charge in [0, 0.05) is 29.1 Å². The number of rotatable bonds is 12. The normalized spacial score (nSPS) is 12.0. The van der Waals surface area contributed by atoms with Crippen LogP contribution in [0.2, 0.25) is 0 Å². The van der Waals surface area contributed by atoms with Gasteiger partial charge >= 0.3 is 0 Å². The molecule has 0 unspecified atom stereocenters. The van der Waals surface area contributed by atoms with Crippen LogP contribution in [0.4, 0.5) is 0 Å². The summed E-state index contributed by atoms with van der Waals surface area (Å²) in [6.07, 6.45) is -1.13. The van der Waals surface area contributed by atoms with Crippen molar-refractivity contribution in [1.82, 2.24) is 10.6 Å². The molecule has 1 aromatic carbocycles. The average molecular weight is 485 g/mol. The Labute approximate surface area is 203 Å². The molecule has 2 aromatic rings. The van der Waals surface area contributed by atoms with Gasteiger partial charge in [-0.3, -0.25) is 9.59 Å². The molecule has 0 bridgehead atoms. The number of amides is 1. The SMILES string of the molecule is C[C@H](O)[C@H](NC(=O)c1ccc(C#CC#Cc2ccc(CNCCOCCO)s2)cc1)C(=O)CO. The van der Waals surface area contributed by atoms with Crippen LogP contribution >= 0.6 is 11.3 Å². The maximum atomic E-state index is 12.3. The number of ether oxygens (including phenoxy) is 1. The smallest absolute Gasteiger partial charge is 0.251 e. The van der Waals surface area contributed by atoms with Gasteiger partial charge in [0.25, 0.3) is 5.91 Å². The Bertz CT molecular complexity index is 1060. The van der Waals surface area contributed by atoms with Crippen molar-refractivity contribution in [3.05, 3.63) is 57.3 Å². The standard InChI is InChI=1S/C25H28N2O6S/c1-18(30)24(23(31)17-29)27-25(32)20-8-6-19(7-9-20)4-2-3-5-21-10-11-22(34-21)16-26-12-14-33-15-13-28/h6-11,18,24,26,28-30H,12-17H2,1H3,(H,27,32)/t18-,24-/m0/s1. The first-order valence-electron chi connectivity index (χ1n) is 10.7. The highest BCUT2D eigenvalue weighted by Gasteiger charge is 2.25. The first-order valence-corrected chi connectivity index (χ1v) is 11.5. The number of carbonyl (C=O) groups is 2. The highest BCUT2D eigenvalue weighted by Crippen LogP contribution is 2.14. The van der Waals surface area contributed by atoms with E-state index >= 15 is 0 Å². The molecule has 1 heterocycles.